The lowest BCUT2D eigenvalue weighted by Crippen LogP contribution is -1.88. The molecule has 0 aliphatic carbocycles. The Kier molecular flexibility index (Phi) is 3.77. The Labute approximate surface area is 115 Å². The molecule has 98 valence electrons. The molecule has 0 bridgehead atoms. The van der Waals surface area contributed by atoms with Gasteiger partial charge in [-0.15, -0.1) is 0 Å². The maximum absolute atomic E-state index is 10.6. The lowest BCUT2D eigenvalue weighted by Gasteiger charge is -2.00. The van der Waals surface area contributed by atoms with Gasteiger partial charge in [-0.3, -0.25) is 10.1 Å². The van der Waals surface area contributed by atoms with Gasteiger partial charge in [0.25, 0.3) is 5.69 Å². The first-order chi connectivity index (χ1) is 9.60. The molecule has 0 saturated carbocycles. The molecule has 0 aliphatic rings. The van der Waals surface area contributed by atoms with Crippen LogP contribution in [0.1, 0.15) is 11.1 Å². The van der Waals surface area contributed by atoms with E-state index in [9.17, 15) is 20.5 Å². The van der Waals surface area contributed by atoms with Crippen LogP contribution in [0, 0.1) is 21.4 Å². The lowest BCUT2D eigenvalue weighted by molar-refractivity contribution is -0.384. The number of nitro benzene ring substituents is 1. The van der Waals surface area contributed by atoms with Crippen molar-refractivity contribution >= 4 is 17.3 Å². The SMILES string of the molecule is N#C/C(=C\c1ccc(O)cc1)c1ccc([N+](=O)[O-])cc1. The molecule has 5 heteroatoms. The molecule has 20 heavy (non-hydrogen) atoms. The summed E-state index contributed by atoms with van der Waals surface area (Å²) in [6.07, 6.45) is 1.65. The maximum Gasteiger partial charge on any atom is 0.269 e. The van der Waals surface area contributed by atoms with Crippen LogP contribution in [0.4, 0.5) is 5.69 Å². The third kappa shape index (κ3) is 3.00. The average Bonchev–Trinajstić information content (AvgIpc) is 2.47. The van der Waals surface area contributed by atoms with Gasteiger partial charge in [-0.2, -0.15) is 5.26 Å². The number of hydrogen-bond donors (Lipinski definition) is 1. The molecule has 0 amide bonds. The zero-order valence-corrected chi connectivity index (χ0v) is 10.4. The first kappa shape index (κ1) is 13.3. The number of nitrogens with zero attached hydrogens (tertiary/aromatic N) is 2. The zero-order chi connectivity index (χ0) is 14.5. The second kappa shape index (κ2) is 5.67. The van der Waals surface area contributed by atoms with Crippen molar-refractivity contribution in [3.63, 3.8) is 0 Å². The van der Waals surface area contributed by atoms with E-state index in [2.05, 4.69) is 6.07 Å². The Morgan fingerprint density at radius 3 is 2.25 bits per heavy atom. The van der Waals surface area contributed by atoms with Gasteiger partial charge in [0.05, 0.1) is 16.6 Å². The number of hydrogen-bond acceptors (Lipinski definition) is 4. The summed E-state index contributed by atoms with van der Waals surface area (Å²) < 4.78 is 0. The Balaban J connectivity index is 2.35. The largest absolute Gasteiger partial charge is 0.508 e. The molecule has 2 rings (SSSR count). The summed E-state index contributed by atoms with van der Waals surface area (Å²) in [6, 6.07) is 14.3. The van der Waals surface area contributed by atoms with Crippen LogP contribution in [0.3, 0.4) is 0 Å². The predicted octanol–water partition coefficient (Wildman–Crippen LogP) is 3.36. The fourth-order valence-electron chi connectivity index (χ4n) is 1.68. The van der Waals surface area contributed by atoms with Gasteiger partial charge in [-0.1, -0.05) is 12.1 Å². The molecule has 5 nitrogen and oxygen atoms in total. The van der Waals surface area contributed by atoms with E-state index >= 15 is 0 Å². The lowest BCUT2D eigenvalue weighted by atomic mass is 10.0. The number of aromatic hydroxyl groups is 1. The van der Waals surface area contributed by atoms with Crippen LogP contribution in [0.2, 0.25) is 0 Å². The highest BCUT2D eigenvalue weighted by molar-refractivity contribution is 5.89. The Hall–Kier alpha value is -3.13. The molecule has 0 heterocycles. The van der Waals surface area contributed by atoms with Gasteiger partial charge in [0.1, 0.15) is 5.75 Å². The molecule has 0 unspecified atom stereocenters. The van der Waals surface area contributed by atoms with E-state index in [4.69, 9.17) is 0 Å². The summed E-state index contributed by atoms with van der Waals surface area (Å²) in [5, 5.41) is 28.9. The third-order valence-corrected chi connectivity index (χ3v) is 2.71. The number of non-ortho nitro benzene ring substituents is 1. The van der Waals surface area contributed by atoms with Crippen molar-refractivity contribution in [2.24, 2.45) is 0 Å². The van der Waals surface area contributed by atoms with Crippen LogP contribution in [-0.2, 0) is 0 Å². The Morgan fingerprint density at radius 1 is 1.15 bits per heavy atom. The molecular weight excluding hydrogens is 256 g/mol. The molecule has 0 saturated heterocycles. The molecule has 0 aromatic heterocycles. The molecule has 2 aromatic rings. The quantitative estimate of drug-likeness (QED) is 0.399. The molecule has 0 atom stereocenters. The fourth-order valence-corrected chi connectivity index (χ4v) is 1.68. The van der Waals surface area contributed by atoms with E-state index in [0.717, 1.165) is 5.56 Å². The van der Waals surface area contributed by atoms with Crippen molar-refractivity contribution in [1.29, 1.82) is 5.26 Å². The van der Waals surface area contributed by atoms with E-state index in [-0.39, 0.29) is 11.4 Å². The standard InChI is InChI=1S/C15H10N2O3/c16-10-13(9-11-1-7-15(18)8-2-11)12-3-5-14(6-4-12)17(19)20/h1-9,18H/b13-9+. The van der Waals surface area contributed by atoms with Gasteiger partial charge >= 0.3 is 0 Å². The van der Waals surface area contributed by atoms with E-state index < -0.39 is 4.92 Å². The number of phenols is 1. The number of allylic oxidation sites excluding steroid dienone is 1. The highest BCUT2D eigenvalue weighted by atomic mass is 16.6. The van der Waals surface area contributed by atoms with E-state index in [0.29, 0.717) is 11.1 Å². The number of rotatable bonds is 3. The summed E-state index contributed by atoms with van der Waals surface area (Å²) in [4.78, 5) is 10.1. The number of benzene rings is 2. The molecule has 0 radical (unpaired) electrons. The van der Waals surface area contributed by atoms with Crippen molar-refractivity contribution in [3.8, 4) is 11.8 Å². The minimum Gasteiger partial charge on any atom is -0.508 e. The summed E-state index contributed by atoms with van der Waals surface area (Å²) in [7, 11) is 0. The molecule has 1 N–H and O–H groups in total. The highest BCUT2D eigenvalue weighted by Crippen LogP contribution is 2.21. The predicted molar refractivity (Wildman–Crippen MR) is 74.7 cm³/mol. The van der Waals surface area contributed by atoms with Crippen LogP contribution in [0.5, 0.6) is 5.75 Å². The van der Waals surface area contributed by atoms with Crippen LogP contribution in [0.15, 0.2) is 48.5 Å². The van der Waals surface area contributed by atoms with Gasteiger partial charge in [0, 0.05) is 12.1 Å². The maximum atomic E-state index is 10.6. The first-order valence-electron chi connectivity index (χ1n) is 5.76. The molecule has 2 aromatic carbocycles. The van der Waals surface area contributed by atoms with Crippen LogP contribution in [0.25, 0.3) is 11.6 Å². The van der Waals surface area contributed by atoms with Crippen LogP contribution < -0.4 is 0 Å². The minimum absolute atomic E-state index is 0.0179. The van der Waals surface area contributed by atoms with Gasteiger partial charge in [-0.05, 0) is 41.5 Å². The molecular formula is C15H10N2O3. The second-order valence-electron chi connectivity index (χ2n) is 4.07. The van der Waals surface area contributed by atoms with Crippen molar-refractivity contribution in [3.05, 3.63) is 69.8 Å². The highest BCUT2D eigenvalue weighted by Gasteiger charge is 2.06. The summed E-state index contributed by atoms with van der Waals surface area (Å²) in [5.41, 5.74) is 1.74. The van der Waals surface area contributed by atoms with Crippen LogP contribution >= 0.6 is 0 Å². The second-order valence-corrected chi connectivity index (χ2v) is 4.07. The van der Waals surface area contributed by atoms with Gasteiger partial charge in [0.15, 0.2) is 0 Å². The topological polar surface area (TPSA) is 87.2 Å². The van der Waals surface area contributed by atoms with Crippen molar-refractivity contribution in [2.45, 2.75) is 0 Å². The van der Waals surface area contributed by atoms with E-state index in [1.807, 2.05) is 0 Å². The van der Waals surface area contributed by atoms with E-state index in [1.54, 1.807) is 18.2 Å². The fraction of sp³-hybridized carbons (Fsp3) is 0. The average molecular weight is 266 g/mol. The first-order valence-corrected chi connectivity index (χ1v) is 5.76. The summed E-state index contributed by atoms with van der Waals surface area (Å²) in [6.45, 7) is 0. The zero-order valence-electron chi connectivity index (χ0n) is 10.4. The van der Waals surface area contributed by atoms with Gasteiger partial charge in [0.2, 0.25) is 0 Å². The van der Waals surface area contributed by atoms with Crippen molar-refractivity contribution < 1.29 is 10.0 Å². The number of phenolic OH excluding ortho intramolecular Hbond substituents is 1. The monoisotopic (exact) mass is 266 g/mol. The molecule has 0 fully saturated rings. The van der Waals surface area contributed by atoms with Crippen LogP contribution in [-0.4, -0.2) is 10.0 Å². The molecule has 0 spiro atoms. The Morgan fingerprint density at radius 2 is 1.75 bits per heavy atom. The minimum atomic E-state index is -0.487. The third-order valence-electron chi connectivity index (χ3n) is 2.71. The van der Waals surface area contributed by atoms with Crippen molar-refractivity contribution in [2.75, 3.05) is 0 Å². The summed E-state index contributed by atoms with van der Waals surface area (Å²) >= 11 is 0. The normalized spacial score (nSPS) is 10.8. The van der Waals surface area contributed by atoms with E-state index in [1.165, 1.54) is 36.4 Å². The van der Waals surface area contributed by atoms with Crippen molar-refractivity contribution in [1.82, 2.24) is 0 Å². The number of nitro groups is 1. The smallest absolute Gasteiger partial charge is 0.269 e. The van der Waals surface area contributed by atoms with Gasteiger partial charge < -0.3 is 5.11 Å². The number of nitriles is 1. The summed E-state index contributed by atoms with van der Waals surface area (Å²) in [5.74, 6) is 0.149. The van der Waals surface area contributed by atoms with Gasteiger partial charge in [-0.25, -0.2) is 0 Å². The Bertz CT molecular complexity index is 695. The molecule has 0 aliphatic heterocycles.